The first-order valence-electron chi connectivity index (χ1n) is 8.10. The number of halogens is 2. The number of carbonyl (C=O) groups excluding carboxylic acids is 1. The summed E-state index contributed by atoms with van der Waals surface area (Å²) in [5, 5.41) is 3.13. The first kappa shape index (κ1) is 17.9. The minimum absolute atomic E-state index is 0.121. The van der Waals surface area contributed by atoms with E-state index in [9.17, 15) is 4.79 Å². The average molecular weight is 418 g/mol. The van der Waals surface area contributed by atoms with Crippen LogP contribution in [0.4, 0.5) is 5.95 Å². The smallest absolute Gasteiger partial charge is 0.287 e. The molecule has 0 saturated heterocycles. The lowest BCUT2D eigenvalue weighted by molar-refractivity contribution is 0.102. The van der Waals surface area contributed by atoms with E-state index in [1.54, 1.807) is 6.20 Å². The van der Waals surface area contributed by atoms with Crippen LogP contribution in [0.1, 0.15) is 15.5 Å². The molecular weight excluding hydrogens is 405 g/mol. The number of amides is 1. The summed E-state index contributed by atoms with van der Waals surface area (Å²) < 4.78 is 2.24. The van der Waals surface area contributed by atoms with Crippen molar-refractivity contribution in [2.75, 3.05) is 5.32 Å². The lowest BCUT2D eigenvalue weighted by Gasteiger charge is -2.09. The van der Waals surface area contributed by atoms with Crippen LogP contribution in [0, 0.1) is 0 Å². The van der Waals surface area contributed by atoms with Crippen LogP contribution >= 0.6 is 34.5 Å². The molecule has 6 nitrogen and oxygen atoms in total. The predicted molar refractivity (Wildman–Crippen MR) is 108 cm³/mol. The predicted octanol–water partition coefficient (Wildman–Crippen LogP) is 4.69. The van der Waals surface area contributed by atoms with Gasteiger partial charge in [-0.05, 0) is 24.3 Å². The maximum absolute atomic E-state index is 12.5. The number of anilines is 1. The van der Waals surface area contributed by atoms with E-state index >= 15 is 0 Å². The largest absolute Gasteiger partial charge is 0.310 e. The van der Waals surface area contributed by atoms with Crippen LogP contribution in [0.15, 0.2) is 48.7 Å². The van der Waals surface area contributed by atoms with Gasteiger partial charge in [0, 0.05) is 24.9 Å². The number of hydrogen-bond donors (Lipinski definition) is 1. The molecule has 3 aromatic heterocycles. The fourth-order valence-electron chi connectivity index (χ4n) is 2.70. The van der Waals surface area contributed by atoms with E-state index in [0.717, 1.165) is 28.1 Å². The number of nitrogens with one attached hydrogen (secondary N) is 1. The summed E-state index contributed by atoms with van der Waals surface area (Å²) in [6.07, 6.45) is 2.47. The Morgan fingerprint density at radius 1 is 1.11 bits per heavy atom. The number of aryl methyl sites for hydroxylation is 2. The van der Waals surface area contributed by atoms with Crippen molar-refractivity contribution in [3.8, 4) is 0 Å². The van der Waals surface area contributed by atoms with Crippen molar-refractivity contribution in [2.24, 2.45) is 0 Å². The van der Waals surface area contributed by atoms with Crippen LogP contribution in [-0.2, 0) is 13.0 Å². The van der Waals surface area contributed by atoms with E-state index in [4.69, 9.17) is 23.2 Å². The number of benzene rings is 1. The van der Waals surface area contributed by atoms with E-state index < -0.39 is 5.91 Å². The van der Waals surface area contributed by atoms with E-state index in [1.165, 1.54) is 0 Å². The Labute approximate surface area is 168 Å². The maximum Gasteiger partial charge on any atom is 0.287 e. The molecule has 0 atom stereocenters. The monoisotopic (exact) mass is 417 g/mol. The second-order valence-corrected chi connectivity index (χ2v) is 7.64. The van der Waals surface area contributed by atoms with Gasteiger partial charge >= 0.3 is 0 Å². The van der Waals surface area contributed by atoms with Gasteiger partial charge in [-0.3, -0.25) is 15.1 Å². The zero-order chi connectivity index (χ0) is 18.8. The molecule has 3 heterocycles. The number of pyridine rings is 1. The number of nitrogens with zero attached hydrogens (tertiary/aromatic N) is 4. The molecule has 0 aliphatic carbocycles. The quantitative estimate of drug-likeness (QED) is 0.511. The van der Waals surface area contributed by atoms with Gasteiger partial charge < -0.3 is 4.57 Å². The van der Waals surface area contributed by atoms with E-state index in [0.29, 0.717) is 18.9 Å². The van der Waals surface area contributed by atoms with Gasteiger partial charge in [-0.1, -0.05) is 52.7 Å². The zero-order valence-electron chi connectivity index (χ0n) is 13.9. The maximum atomic E-state index is 12.5. The van der Waals surface area contributed by atoms with E-state index in [-0.39, 0.29) is 14.5 Å². The zero-order valence-corrected chi connectivity index (χ0v) is 16.2. The highest BCUT2D eigenvalue weighted by Gasteiger charge is 2.18. The van der Waals surface area contributed by atoms with Gasteiger partial charge in [0.2, 0.25) is 5.95 Å². The van der Waals surface area contributed by atoms with Crippen molar-refractivity contribution >= 4 is 57.4 Å². The molecule has 0 spiro atoms. The summed E-state index contributed by atoms with van der Waals surface area (Å²) in [4.78, 5) is 25.4. The topological polar surface area (TPSA) is 72.7 Å². The average Bonchev–Trinajstić information content (AvgIpc) is 3.20. The van der Waals surface area contributed by atoms with E-state index in [1.807, 2.05) is 47.0 Å². The fraction of sp³-hybridized carbons (Fsp3) is 0.111. The Morgan fingerprint density at radius 2 is 1.93 bits per heavy atom. The SMILES string of the molecule is O=C(Nc1nc2ccccc2n1CCc1ccccn1)c1nc(Cl)c(Cl)s1. The number of thiazole rings is 1. The Morgan fingerprint density at radius 3 is 2.67 bits per heavy atom. The highest BCUT2D eigenvalue weighted by molar-refractivity contribution is 7.18. The van der Waals surface area contributed by atoms with Crippen molar-refractivity contribution in [3.05, 3.63) is 68.9 Å². The Kier molecular flexibility index (Phi) is 5.07. The number of hydrogen-bond acceptors (Lipinski definition) is 5. The summed E-state index contributed by atoms with van der Waals surface area (Å²) in [5.41, 5.74) is 2.69. The molecule has 0 saturated carbocycles. The van der Waals surface area contributed by atoms with Crippen LogP contribution in [0.2, 0.25) is 9.49 Å². The first-order valence-corrected chi connectivity index (χ1v) is 9.67. The number of rotatable bonds is 5. The van der Waals surface area contributed by atoms with Gasteiger partial charge in [0.15, 0.2) is 10.2 Å². The molecule has 136 valence electrons. The Bertz CT molecular complexity index is 1090. The highest BCUT2D eigenvalue weighted by atomic mass is 35.5. The van der Waals surface area contributed by atoms with Gasteiger partial charge in [0.05, 0.1) is 11.0 Å². The minimum atomic E-state index is -0.400. The molecule has 0 radical (unpaired) electrons. The number of fused-ring (bicyclic) bond motifs is 1. The third kappa shape index (κ3) is 3.80. The van der Waals surface area contributed by atoms with Crippen molar-refractivity contribution in [1.29, 1.82) is 0 Å². The number of aromatic nitrogens is 4. The molecule has 0 bridgehead atoms. The van der Waals surface area contributed by atoms with Crippen molar-refractivity contribution in [2.45, 2.75) is 13.0 Å². The molecule has 9 heteroatoms. The van der Waals surface area contributed by atoms with Gasteiger partial charge in [0.25, 0.3) is 5.91 Å². The molecule has 0 unspecified atom stereocenters. The molecular formula is C18H13Cl2N5OS. The second-order valence-electron chi connectivity index (χ2n) is 5.68. The number of carbonyl (C=O) groups is 1. The molecule has 4 rings (SSSR count). The third-order valence-electron chi connectivity index (χ3n) is 3.94. The minimum Gasteiger partial charge on any atom is -0.310 e. The highest BCUT2D eigenvalue weighted by Crippen LogP contribution is 2.29. The fourth-order valence-corrected chi connectivity index (χ4v) is 3.80. The summed E-state index contributed by atoms with van der Waals surface area (Å²) >= 11 is 12.8. The normalized spacial score (nSPS) is 11.0. The van der Waals surface area contributed by atoms with Gasteiger partial charge in [-0.2, -0.15) is 0 Å². The van der Waals surface area contributed by atoms with Crippen LogP contribution in [0.25, 0.3) is 11.0 Å². The molecule has 27 heavy (non-hydrogen) atoms. The standard InChI is InChI=1S/C18H13Cl2N5OS/c19-14-15(20)27-17(23-14)16(26)24-18-22-12-6-1-2-7-13(12)25(18)10-8-11-5-3-4-9-21-11/h1-7,9H,8,10H2,(H,22,24,26). The van der Waals surface area contributed by atoms with Crippen molar-refractivity contribution in [1.82, 2.24) is 19.5 Å². The molecule has 0 aliphatic heterocycles. The molecule has 0 aliphatic rings. The van der Waals surface area contributed by atoms with Crippen LogP contribution in [0.5, 0.6) is 0 Å². The second kappa shape index (κ2) is 7.64. The van der Waals surface area contributed by atoms with Crippen LogP contribution in [0.3, 0.4) is 0 Å². The molecule has 1 N–H and O–H groups in total. The molecule has 4 aromatic rings. The lowest BCUT2D eigenvalue weighted by atomic mass is 10.2. The summed E-state index contributed by atoms with van der Waals surface area (Å²) in [5.74, 6) is 0.0442. The number of imidazole rings is 1. The molecule has 1 aromatic carbocycles. The summed E-state index contributed by atoms with van der Waals surface area (Å²) in [7, 11) is 0. The number of para-hydroxylation sites is 2. The van der Waals surface area contributed by atoms with Gasteiger partial charge in [-0.25, -0.2) is 9.97 Å². The van der Waals surface area contributed by atoms with E-state index in [2.05, 4.69) is 20.3 Å². The Balaban J connectivity index is 1.64. The van der Waals surface area contributed by atoms with Crippen LogP contribution in [-0.4, -0.2) is 25.4 Å². The van der Waals surface area contributed by atoms with Crippen molar-refractivity contribution < 1.29 is 4.79 Å². The summed E-state index contributed by atoms with van der Waals surface area (Å²) in [6.45, 7) is 0.618. The Hall–Kier alpha value is -2.48. The van der Waals surface area contributed by atoms with Crippen LogP contribution < -0.4 is 5.32 Å². The van der Waals surface area contributed by atoms with Gasteiger partial charge in [0.1, 0.15) is 4.34 Å². The lowest BCUT2D eigenvalue weighted by Crippen LogP contribution is -2.16. The molecule has 0 fully saturated rings. The molecule has 1 amide bonds. The third-order valence-corrected chi connectivity index (χ3v) is 5.68. The first-order chi connectivity index (χ1) is 13.1. The summed E-state index contributed by atoms with van der Waals surface area (Å²) in [6, 6.07) is 13.5. The van der Waals surface area contributed by atoms with Gasteiger partial charge in [-0.15, -0.1) is 0 Å². The van der Waals surface area contributed by atoms with Crippen molar-refractivity contribution in [3.63, 3.8) is 0 Å².